The van der Waals surface area contributed by atoms with Crippen molar-refractivity contribution in [2.75, 3.05) is 11.9 Å². The molecule has 0 saturated carbocycles. The van der Waals surface area contributed by atoms with Crippen molar-refractivity contribution in [2.45, 2.75) is 16.6 Å². The van der Waals surface area contributed by atoms with Crippen molar-refractivity contribution in [3.8, 4) is 0 Å². The van der Waals surface area contributed by atoms with E-state index in [9.17, 15) is 18.0 Å². The third-order valence-electron chi connectivity index (χ3n) is 4.07. The van der Waals surface area contributed by atoms with Crippen LogP contribution in [0.3, 0.4) is 0 Å². The Kier molecular flexibility index (Phi) is 6.96. The first-order valence-corrected chi connectivity index (χ1v) is 11.5. The number of rotatable bonds is 7. The zero-order valence-corrected chi connectivity index (χ0v) is 18.1. The highest BCUT2D eigenvalue weighted by Gasteiger charge is 2.39. The van der Waals surface area contributed by atoms with Crippen molar-refractivity contribution in [3.63, 3.8) is 0 Å². The van der Waals surface area contributed by atoms with Gasteiger partial charge >= 0.3 is 0 Å². The number of hydrogen-bond acceptors (Lipinski definition) is 5. The second-order valence-electron chi connectivity index (χ2n) is 6.27. The number of hydrogen-bond donors (Lipinski definition) is 1. The quantitative estimate of drug-likeness (QED) is 0.633. The number of anilines is 1. The summed E-state index contributed by atoms with van der Waals surface area (Å²) in [5.74, 6) is -0.749. The van der Waals surface area contributed by atoms with Crippen LogP contribution in [0, 0.1) is 0 Å². The van der Waals surface area contributed by atoms with Gasteiger partial charge in [-0.25, -0.2) is 0 Å². The van der Waals surface area contributed by atoms with Crippen LogP contribution in [0.1, 0.15) is 6.42 Å². The van der Waals surface area contributed by atoms with Crippen molar-refractivity contribution < 1.29 is 18.0 Å². The van der Waals surface area contributed by atoms with Crippen LogP contribution in [-0.4, -0.2) is 42.1 Å². The smallest absolute Gasteiger partial charge is 0.284 e. The Balaban J connectivity index is 1.80. The molecule has 2 amide bonds. The van der Waals surface area contributed by atoms with E-state index in [4.69, 9.17) is 11.6 Å². The number of carbonyl (C=O) groups is 2. The van der Waals surface area contributed by atoms with E-state index >= 15 is 0 Å². The van der Waals surface area contributed by atoms with Gasteiger partial charge in [0.2, 0.25) is 11.8 Å². The molecular weight excluding hydrogens is 446 g/mol. The zero-order valence-electron chi connectivity index (χ0n) is 15.7. The molecule has 0 unspecified atom stereocenters. The molecule has 1 N–H and O–H groups in total. The summed E-state index contributed by atoms with van der Waals surface area (Å²) in [4.78, 5) is 26.3. The Hall–Kier alpha value is -2.62. The van der Waals surface area contributed by atoms with Crippen molar-refractivity contribution in [1.29, 1.82) is 0 Å². The van der Waals surface area contributed by atoms with Crippen LogP contribution < -0.4 is 5.32 Å². The van der Waals surface area contributed by atoms with Crippen LogP contribution in [-0.2, 0) is 19.6 Å². The SMILES string of the molecule is C=CCN1C(=O)[C@@H](CC(=O)Nc2ccccc2)SC1=NS(=O)(=O)c1ccc(Cl)cc1. The molecule has 7 nitrogen and oxygen atoms in total. The number of nitrogens with one attached hydrogen (secondary N) is 1. The number of amides is 2. The topological polar surface area (TPSA) is 95.9 Å². The predicted molar refractivity (Wildman–Crippen MR) is 119 cm³/mol. The Morgan fingerprint density at radius 2 is 1.87 bits per heavy atom. The first kappa shape index (κ1) is 22.1. The lowest BCUT2D eigenvalue weighted by atomic mass is 10.2. The number of nitrogens with zero attached hydrogens (tertiary/aromatic N) is 2. The lowest BCUT2D eigenvalue weighted by Crippen LogP contribution is -2.33. The second-order valence-corrected chi connectivity index (χ2v) is 9.48. The van der Waals surface area contributed by atoms with Crippen molar-refractivity contribution in [1.82, 2.24) is 4.90 Å². The van der Waals surface area contributed by atoms with E-state index in [-0.39, 0.29) is 28.9 Å². The van der Waals surface area contributed by atoms with E-state index in [1.807, 2.05) is 6.07 Å². The number of sulfonamides is 1. The molecule has 0 radical (unpaired) electrons. The molecule has 0 aliphatic carbocycles. The Morgan fingerprint density at radius 3 is 2.50 bits per heavy atom. The minimum absolute atomic E-state index is 0.00682. The molecule has 1 atom stereocenters. The van der Waals surface area contributed by atoms with Crippen molar-refractivity contribution in [3.05, 3.63) is 72.3 Å². The standard InChI is InChI=1S/C20H18ClN3O4S2/c1-2-12-24-19(26)17(13-18(25)22-15-6-4-3-5-7-15)29-20(24)23-30(27,28)16-10-8-14(21)9-11-16/h2-11,17H,1,12-13H2,(H,22,25)/t17-/m1/s1. The van der Waals surface area contributed by atoms with Crippen LogP contribution in [0.15, 0.2) is 76.5 Å². The van der Waals surface area contributed by atoms with Crippen LogP contribution in [0.25, 0.3) is 0 Å². The monoisotopic (exact) mass is 463 g/mol. The van der Waals surface area contributed by atoms with Gasteiger partial charge in [0.25, 0.3) is 10.0 Å². The number of benzene rings is 2. The summed E-state index contributed by atoms with van der Waals surface area (Å²) in [7, 11) is -4.06. The number of thioether (sulfide) groups is 1. The fourth-order valence-electron chi connectivity index (χ4n) is 2.67. The summed E-state index contributed by atoms with van der Waals surface area (Å²) >= 11 is 6.75. The number of carbonyl (C=O) groups excluding carboxylic acids is 2. The van der Waals surface area contributed by atoms with E-state index in [1.165, 1.54) is 35.2 Å². The van der Waals surface area contributed by atoms with E-state index in [0.29, 0.717) is 10.7 Å². The van der Waals surface area contributed by atoms with Gasteiger partial charge in [-0.2, -0.15) is 8.42 Å². The molecule has 2 aromatic carbocycles. The molecule has 0 bridgehead atoms. The molecule has 0 aromatic heterocycles. The van der Waals surface area contributed by atoms with Gasteiger partial charge in [0.15, 0.2) is 5.17 Å². The number of amidine groups is 1. The van der Waals surface area contributed by atoms with Gasteiger partial charge in [-0.15, -0.1) is 11.0 Å². The summed E-state index contributed by atoms with van der Waals surface area (Å²) in [5, 5.41) is 2.33. The Labute approximate surface area is 183 Å². The average molecular weight is 464 g/mol. The predicted octanol–water partition coefficient (Wildman–Crippen LogP) is 3.54. The molecule has 1 fully saturated rings. The average Bonchev–Trinajstić information content (AvgIpc) is 2.97. The van der Waals surface area contributed by atoms with E-state index in [2.05, 4.69) is 16.3 Å². The first-order chi connectivity index (χ1) is 14.3. The molecule has 3 rings (SSSR count). The van der Waals surface area contributed by atoms with E-state index in [1.54, 1.807) is 24.3 Å². The third-order valence-corrected chi connectivity index (χ3v) is 6.89. The van der Waals surface area contributed by atoms with Crippen LogP contribution in [0.2, 0.25) is 5.02 Å². The van der Waals surface area contributed by atoms with Gasteiger partial charge in [0.1, 0.15) is 5.25 Å². The van der Waals surface area contributed by atoms with Gasteiger partial charge in [-0.3, -0.25) is 14.5 Å². The second kappa shape index (κ2) is 9.46. The van der Waals surface area contributed by atoms with Crippen molar-refractivity contribution in [2.24, 2.45) is 4.40 Å². The number of para-hydroxylation sites is 1. The lowest BCUT2D eigenvalue weighted by molar-refractivity contribution is -0.127. The first-order valence-electron chi connectivity index (χ1n) is 8.84. The molecule has 0 spiro atoms. The lowest BCUT2D eigenvalue weighted by Gasteiger charge is -2.13. The van der Waals surface area contributed by atoms with E-state index < -0.39 is 21.2 Å². The molecular formula is C20H18ClN3O4S2. The molecule has 1 heterocycles. The van der Waals surface area contributed by atoms with Gasteiger partial charge in [-0.05, 0) is 36.4 Å². The highest BCUT2D eigenvalue weighted by atomic mass is 35.5. The van der Waals surface area contributed by atoms with Crippen LogP contribution >= 0.6 is 23.4 Å². The molecule has 30 heavy (non-hydrogen) atoms. The maximum Gasteiger partial charge on any atom is 0.284 e. The summed E-state index contributed by atoms with van der Waals surface area (Å²) < 4.78 is 29.1. The maximum atomic E-state index is 12.7. The summed E-state index contributed by atoms with van der Waals surface area (Å²) in [6.45, 7) is 3.68. The third kappa shape index (κ3) is 5.29. The molecule has 156 valence electrons. The molecule has 10 heteroatoms. The van der Waals surface area contributed by atoms with Crippen molar-refractivity contribution >= 4 is 56.1 Å². The zero-order chi connectivity index (χ0) is 21.7. The molecule has 1 aliphatic heterocycles. The Morgan fingerprint density at radius 1 is 1.20 bits per heavy atom. The highest BCUT2D eigenvalue weighted by molar-refractivity contribution is 8.16. The highest BCUT2D eigenvalue weighted by Crippen LogP contribution is 2.31. The van der Waals surface area contributed by atoms with E-state index in [0.717, 1.165) is 11.8 Å². The van der Waals surface area contributed by atoms with Crippen LogP contribution in [0.4, 0.5) is 5.69 Å². The van der Waals surface area contributed by atoms with Crippen LogP contribution in [0.5, 0.6) is 0 Å². The van der Waals surface area contributed by atoms with Gasteiger partial charge in [0.05, 0.1) is 4.90 Å². The molecule has 1 aliphatic rings. The Bertz CT molecular complexity index is 1090. The summed E-state index contributed by atoms with van der Waals surface area (Å²) in [6, 6.07) is 14.4. The molecule has 2 aromatic rings. The fourth-order valence-corrected chi connectivity index (χ4v) is 5.16. The fraction of sp³-hybridized carbons (Fsp3) is 0.150. The van der Waals surface area contributed by atoms with Gasteiger partial charge < -0.3 is 5.32 Å². The largest absolute Gasteiger partial charge is 0.326 e. The molecule has 1 saturated heterocycles. The normalized spacial score (nSPS) is 17.9. The van der Waals surface area contributed by atoms with Gasteiger partial charge in [0, 0.05) is 23.7 Å². The maximum absolute atomic E-state index is 12.7. The summed E-state index contributed by atoms with van der Waals surface area (Å²) in [5.41, 5.74) is 0.611. The minimum atomic E-state index is -4.06. The van der Waals surface area contributed by atoms with Gasteiger partial charge in [-0.1, -0.05) is 47.6 Å². The summed E-state index contributed by atoms with van der Waals surface area (Å²) in [6.07, 6.45) is 1.35. The number of halogens is 1. The minimum Gasteiger partial charge on any atom is -0.326 e.